The molecule has 1 aromatic heterocycles. The van der Waals surface area contributed by atoms with Crippen molar-refractivity contribution in [2.24, 2.45) is 5.73 Å². The maximum atomic E-state index is 12.1. The lowest BCUT2D eigenvalue weighted by Crippen LogP contribution is -2.12. The summed E-state index contributed by atoms with van der Waals surface area (Å²) in [5, 5.41) is 0.998. The second-order valence-electron chi connectivity index (χ2n) is 7.67. The van der Waals surface area contributed by atoms with Crippen molar-refractivity contribution in [2.45, 2.75) is 32.4 Å². The van der Waals surface area contributed by atoms with Gasteiger partial charge in [-0.3, -0.25) is 4.79 Å². The van der Waals surface area contributed by atoms with Gasteiger partial charge in [0.15, 0.2) is 0 Å². The summed E-state index contributed by atoms with van der Waals surface area (Å²) in [4.78, 5) is 14.3. The Kier molecular flexibility index (Phi) is 4.08. The van der Waals surface area contributed by atoms with Gasteiger partial charge in [-0.2, -0.15) is 0 Å². The third kappa shape index (κ3) is 3.01. The molecule has 4 nitrogen and oxygen atoms in total. The zero-order chi connectivity index (χ0) is 18.4. The molecule has 0 radical (unpaired) electrons. The van der Waals surface area contributed by atoms with E-state index in [-0.39, 0.29) is 5.91 Å². The molecule has 134 valence electrons. The molecule has 1 fully saturated rings. The minimum atomic E-state index is -0.363. The van der Waals surface area contributed by atoms with E-state index in [1.807, 2.05) is 6.07 Å². The fourth-order valence-corrected chi connectivity index (χ4v) is 3.77. The minimum absolute atomic E-state index is 0.363. The average molecular weight is 347 g/mol. The molecule has 1 aliphatic rings. The average Bonchev–Trinajstić information content (AvgIpc) is 3.38. The number of benzene rings is 2. The number of fused-ring (bicyclic) bond motifs is 1. The van der Waals surface area contributed by atoms with Crippen LogP contribution in [0.1, 0.15) is 40.4 Å². The first-order chi connectivity index (χ1) is 12.4. The van der Waals surface area contributed by atoms with Gasteiger partial charge in [-0.1, -0.05) is 24.3 Å². The third-order valence-electron chi connectivity index (χ3n) is 5.11. The topological polar surface area (TPSA) is 51.3 Å². The van der Waals surface area contributed by atoms with E-state index >= 15 is 0 Å². The van der Waals surface area contributed by atoms with Crippen molar-refractivity contribution in [3.63, 3.8) is 0 Å². The lowest BCUT2D eigenvalue weighted by atomic mass is 9.97. The normalized spacial score (nSPS) is 14.3. The van der Waals surface area contributed by atoms with Gasteiger partial charge in [0, 0.05) is 35.2 Å². The Bertz CT molecular complexity index is 979. The maximum absolute atomic E-state index is 12.1. The number of hydrogen-bond donors (Lipinski definition) is 1. The highest BCUT2D eigenvalue weighted by Crippen LogP contribution is 2.41. The minimum Gasteiger partial charge on any atom is -0.366 e. The molecule has 0 atom stereocenters. The van der Waals surface area contributed by atoms with Crippen LogP contribution in [-0.2, 0) is 6.54 Å². The molecule has 0 saturated heterocycles. The van der Waals surface area contributed by atoms with Crippen LogP contribution < -0.4 is 5.73 Å². The SMILES string of the molecule is Cc1cn(C2CC2)c2cc(-c3ccc(CN(C)C)cc3)cc(C(N)=O)c12. The van der Waals surface area contributed by atoms with E-state index in [1.54, 1.807) is 0 Å². The van der Waals surface area contributed by atoms with Gasteiger partial charge < -0.3 is 15.2 Å². The summed E-state index contributed by atoms with van der Waals surface area (Å²) in [7, 11) is 4.13. The van der Waals surface area contributed by atoms with Crippen molar-refractivity contribution < 1.29 is 4.79 Å². The van der Waals surface area contributed by atoms with E-state index < -0.39 is 0 Å². The molecular formula is C22H25N3O. The fraction of sp³-hybridized carbons (Fsp3) is 0.318. The van der Waals surface area contributed by atoms with Crippen LogP contribution in [0.2, 0.25) is 0 Å². The Morgan fingerprint density at radius 1 is 1.15 bits per heavy atom. The lowest BCUT2D eigenvalue weighted by Gasteiger charge is -2.12. The second-order valence-corrected chi connectivity index (χ2v) is 7.67. The number of rotatable bonds is 5. The van der Waals surface area contributed by atoms with Crippen molar-refractivity contribution in [3.05, 3.63) is 59.3 Å². The Balaban J connectivity index is 1.85. The van der Waals surface area contributed by atoms with Gasteiger partial charge in [0.25, 0.3) is 0 Å². The van der Waals surface area contributed by atoms with E-state index in [1.165, 1.54) is 18.4 Å². The molecule has 4 heteroatoms. The van der Waals surface area contributed by atoms with E-state index in [4.69, 9.17) is 5.73 Å². The molecule has 26 heavy (non-hydrogen) atoms. The molecule has 0 unspecified atom stereocenters. The quantitative estimate of drug-likeness (QED) is 0.755. The Morgan fingerprint density at radius 2 is 1.85 bits per heavy atom. The number of primary amides is 1. The van der Waals surface area contributed by atoms with E-state index in [2.05, 4.69) is 67.0 Å². The van der Waals surface area contributed by atoms with Gasteiger partial charge in [-0.05, 0) is 68.2 Å². The van der Waals surface area contributed by atoms with Gasteiger partial charge in [0.2, 0.25) is 5.91 Å². The summed E-state index contributed by atoms with van der Waals surface area (Å²) >= 11 is 0. The van der Waals surface area contributed by atoms with Crippen LogP contribution >= 0.6 is 0 Å². The summed E-state index contributed by atoms with van der Waals surface area (Å²) in [6, 6.07) is 13.3. The van der Waals surface area contributed by atoms with Gasteiger partial charge >= 0.3 is 0 Å². The molecule has 1 amide bonds. The zero-order valence-electron chi connectivity index (χ0n) is 15.6. The monoisotopic (exact) mass is 347 g/mol. The Morgan fingerprint density at radius 3 is 2.42 bits per heavy atom. The molecule has 0 spiro atoms. The van der Waals surface area contributed by atoms with Crippen LogP contribution in [0.25, 0.3) is 22.0 Å². The highest BCUT2D eigenvalue weighted by Gasteiger charge is 2.26. The van der Waals surface area contributed by atoms with E-state index in [0.717, 1.165) is 34.1 Å². The molecule has 0 bridgehead atoms. The van der Waals surface area contributed by atoms with Gasteiger partial charge in [-0.15, -0.1) is 0 Å². The van der Waals surface area contributed by atoms with E-state index in [0.29, 0.717) is 11.6 Å². The number of carbonyl (C=O) groups is 1. The molecule has 1 heterocycles. The summed E-state index contributed by atoms with van der Waals surface area (Å²) in [6.45, 7) is 2.97. The number of hydrogen-bond acceptors (Lipinski definition) is 2. The molecule has 1 saturated carbocycles. The standard InChI is InChI=1S/C22H25N3O/c1-14-12-25(18-8-9-18)20-11-17(10-19(21(14)20)22(23)26)16-6-4-15(5-7-16)13-24(2)3/h4-7,10-12,18H,8-9,13H2,1-3H3,(H2,23,26). The second kappa shape index (κ2) is 6.29. The zero-order valence-corrected chi connectivity index (χ0v) is 15.6. The highest BCUT2D eigenvalue weighted by atomic mass is 16.1. The molecule has 2 aromatic carbocycles. The highest BCUT2D eigenvalue weighted by molar-refractivity contribution is 6.09. The van der Waals surface area contributed by atoms with Crippen LogP contribution in [0.4, 0.5) is 0 Å². The molecule has 4 rings (SSSR count). The van der Waals surface area contributed by atoms with Crippen molar-refractivity contribution in [2.75, 3.05) is 14.1 Å². The molecule has 3 aromatic rings. The number of nitrogens with two attached hydrogens (primary N) is 1. The first-order valence-electron chi connectivity index (χ1n) is 9.13. The summed E-state index contributed by atoms with van der Waals surface area (Å²) in [5.74, 6) is -0.363. The smallest absolute Gasteiger partial charge is 0.249 e. The predicted molar refractivity (Wildman–Crippen MR) is 106 cm³/mol. The molecule has 1 aliphatic carbocycles. The van der Waals surface area contributed by atoms with Crippen LogP contribution in [0.3, 0.4) is 0 Å². The Labute approximate surface area is 154 Å². The number of nitrogens with zero attached hydrogens (tertiary/aromatic N) is 2. The molecular weight excluding hydrogens is 322 g/mol. The van der Waals surface area contributed by atoms with Crippen LogP contribution in [0.5, 0.6) is 0 Å². The maximum Gasteiger partial charge on any atom is 0.249 e. The third-order valence-corrected chi connectivity index (χ3v) is 5.11. The van der Waals surface area contributed by atoms with Crippen molar-refractivity contribution in [3.8, 4) is 11.1 Å². The Hall–Kier alpha value is -2.59. The predicted octanol–water partition coefficient (Wildman–Crippen LogP) is 4.11. The fourth-order valence-electron chi connectivity index (χ4n) is 3.77. The number of aryl methyl sites for hydroxylation is 1. The van der Waals surface area contributed by atoms with Gasteiger partial charge in [-0.25, -0.2) is 0 Å². The molecule has 2 N–H and O–H groups in total. The summed E-state index contributed by atoms with van der Waals surface area (Å²) in [6.07, 6.45) is 4.58. The van der Waals surface area contributed by atoms with Crippen LogP contribution in [-0.4, -0.2) is 29.5 Å². The van der Waals surface area contributed by atoms with Crippen LogP contribution in [0, 0.1) is 6.92 Å². The van der Waals surface area contributed by atoms with Crippen molar-refractivity contribution in [1.29, 1.82) is 0 Å². The summed E-state index contributed by atoms with van der Waals surface area (Å²) < 4.78 is 2.32. The first-order valence-corrected chi connectivity index (χ1v) is 9.13. The first kappa shape index (κ1) is 16.9. The van der Waals surface area contributed by atoms with Crippen LogP contribution in [0.15, 0.2) is 42.6 Å². The van der Waals surface area contributed by atoms with Gasteiger partial charge in [0.1, 0.15) is 0 Å². The van der Waals surface area contributed by atoms with Crippen molar-refractivity contribution in [1.82, 2.24) is 9.47 Å². The van der Waals surface area contributed by atoms with Crippen molar-refractivity contribution >= 4 is 16.8 Å². The molecule has 0 aliphatic heterocycles. The summed E-state index contributed by atoms with van der Waals surface area (Å²) in [5.41, 5.74) is 12.0. The largest absolute Gasteiger partial charge is 0.366 e. The number of carbonyl (C=O) groups excluding carboxylic acids is 1. The van der Waals surface area contributed by atoms with E-state index in [9.17, 15) is 4.79 Å². The van der Waals surface area contributed by atoms with Gasteiger partial charge in [0.05, 0.1) is 0 Å². The number of aromatic nitrogens is 1. The lowest BCUT2D eigenvalue weighted by molar-refractivity contribution is 0.100. The number of amides is 1.